The number of oxime groups is 1. The van der Waals surface area contributed by atoms with Crippen LogP contribution in [0.5, 0.6) is 5.88 Å². The number of hydrogen-bond acceptors (Lipinski definition) is 7. The zero-order valence-electron chi connectivity index (χ0n) is 18.7. The van der Waals surface area contributed by atoms with Gasteiger partial charge < -0.3 is 9.94 Å². The Morgan fingerprint density at radius 1 is 1.16 bits per heavy atom. The Labute approximate surface area is 191 Å². The molecule has 3 rings (SSSR count). The zero-order valence-corrected chi connectivity index (χ0v) is 19.5. The van der Waals surface area contributed by atoms with E-state index >= 15 is 0 Å². The molecule has 0 spiro atoms. The number of amides is 1. The number of hydrogen-bond donors (Lipinski definition) is 1. The van der Waals surface area contributed by atoms with Gasteiger partial charge in [0.05, 0.1) is 22.8 Å². The minimum absolute atomic E-state index is 0.00700. The van der Waals surface area contributed by atoms with Gasteiger partial charge in [0, 0.05) is 5.39 Å². The van der Waals surface area contributed by atoms with Gasteiger partial charge in [-0.25, -0.2) is 0 Å². The molecule has 0 saturated heterocycles. The fraction of sp³-hybridized carbons (Fsp3) is 0.391. The summed E-state index contributed by atoms with van der Waals surface area (Å²) in [5.74, 6) is -0.588. The Morgan fingerprint density at radius 2 is 1.91 bits per heavy atom. The normalized spacial score (nSPS) is 12.3. The molecule has 8 nitrogen and oxygen atoms in total. The van der Waals surface area contributed by atoms with Gasteiger partial charge in [-0.3, -0.25) is 14.3 Å². The molecular formula is C23H29N5O3S. The number of fused-ring (bicyclic) bond motifs is 1. The van der Waals surface area contributed by atoms with Crippen LogP contribution in [-0.2, 0) is 16.3 Å². The van der Waals surface area contributed by atoms with Crippen molar-refractivity contribution in [1.82, 2.24) is 9.47 Å². The number of azo groups is 1. The fourth-order valence-electron chi connectivity index (χ4n) is 3.45. The lowest BCUT2D eigenvalue weighted by Crippen LogP contribution is -2.27. The zero-order chi connectivity index (χ0) is 22.9. The van der Waals surface area contributed by atoms with Gasteiger partial charge in [-0.2, -0.15) is 0 Å². The van der Waals surface area contributed by atoms with Crippen molar-refractivity contribution in [2.45, 2.75) is 40.3 Å². The summed E-state index contributed by atoms with van der Waals surface area (Å²) in [4.78, 5) is 20.5. The lowest BCUT2D eigenvalue weighted by Gasteiger charge is -2.22. The molecule has 1 amide bonds. The predicted octanol–water partition coefficient (Wildman–Crippen LogP) is 5.54. The van der Waals surface area contributed by atoms with Gasteiger partial charge in [0.25, 0.3) is 0 Å². The number of nitrogens with zero attached hydrogens (tertiary/aromatic N) is 5. The monoisotopic (exact) mass is 455 g/mol. The second kappa shape index (κ2) is 11.5. The van der Waals surface area contributed by atoms with Crippen LogP contribution in [0.3, 0.4) is 0 Å². The fourth-order valence-corrected chi connectivity index (χ4v) is 4.12. The number of benzene rings is 1. The molecule has 32 heavy (non-hydrogen) atoms. The molecule has 3 aromatic rings. The van der Waals surface area contributed by atoms with E-state index in [0.717, 1.165) is 41.7 Å². The molecule has 170 valence electrons. The minimum Gasteiger partial charge on any atom is -0.493 e. The lowest BCUT2D eigenvalue weighted by atomic mass is 10.2. The van der Waals surface area contributed by atoms with Crippen LogP contribution in [0.1, 0.15) is 38.5 Å². The summed E-state index contributed by atoms with van der Waals surface area (Å²) in [6, 6.07) is 11.4. The van der Waals surface area contributed by atoms with Gasteiger partial charge in [-0.05, 0) is 50.4 Å². The molecule has 0 unspecified atom stereocenters. The highest BCUT2D eigenvalue weighted by Crippen LogP contribution is 2.39. The number of thiophene rings is 1. The van der Waals surface area contributed by atoms with Crippen LogP contribution in [-0.4, -0.2) is 45.9 Å². The van der Waals surface area contributed by atoms with Gasteiger partial charge in [-0.15, -0.1) is 21.6 Å². The maximum absolute atomic E-state index is 12.1. The highest BCUT2D eigenvalue weighted by atomic mass is 32.1. The number of aromatic nitrogens is 1. The second-order valence-electron chi connectivity index (χ2n) is 7.40. The van der Waals surface area contributed by atoms with E-state index < -0.39 is 5.91 Å². The smallest absolute Gasteiger partial charge is 0.304 e. The molecule has 9 heteroatoms. The summed E-state index contributed by atoms with van der Waals surface area (Å²) >= 11 is 1.54. The van der Waals surface area contributed by atoms with E-state index in [1.165, 1.54) is 0 Å². The van der Waals surface area contributed by atoms with Gasteiger partial charge in [0.15, 0.2) is 12.3 Å². The van der Waals surface area contributed by atoms with Gasteiger partial charge >= 0.3 is 5.91 Å². The first-order valence-corrected chi connectivity index (χ1v) is 11.6. The van der Waals surface area contributed by atoms with Crippen molar-refractivity contribution in [3.63, 3.8) is 0 Å². The summed E-state index contributed by atoms with van der Waals surface area (Å²) in [6.07, 6.45) is 2.05. The first-order chi connectivity index (χ1) is 15.5. The summed E-state index contributed by atoms with van der Waals surface area (Å²) in [5.41, 5.74) is 1.81. The largest absolute Gasteiger partial charge is 0.493 e. The summed E-state index contributed by atoms with van der Waals surface area (Å²) < 4.78 is 1.81. The van der Waals surface area contributed by atoms with Crippen LogP contribution in [0.15, 0.2) is 57.2 Å². The molecule has 0 atom stereocenters. The molecule has 0 aliphatic heterocycles. The Hall–Kier alpha value is -3.04. The van der Waals surface area contributed by atoms with Crippen LogP contribution in [0, 0.1) is 0 Å². The van der Waals surface area contributed by atoms with Crippen LogP contribution < -0.4 is 0 Å². The second-order valence-corrected chi connectivity index (χ2v) is 8.35. The quantitative estimate of drug-likeness (QED) is 0.233. The highest BCUT2D eigenvalue weighted by molar-refractivity contribution is 7.12. The summed E-state index contributed by atoms with van der Waals surface area (Å²) in [6.45, 7) is 8.15. The third kappa shape index (κ3) is 5.80. The van der Waals surface area contributed by atoms with Crippen LogP contribution in [0.2, 0.25) is 0 Å². The van der Waals surface area contributed by atoms with E-state index in [1.54, 1.807) is 11.3 Å². The molecule has 0 aliphatic rings. The van der Waals surface area contributed by atoms with E-state index in [9.17, 15) is 9.90 Å². The standard InChI is InChI=1S/C23H29N5O3S/c1-4-12-27(13-5-2)16-28-19-10-7-6-9-18(19)22(23(28)30)25-24-21(29)15-31-26-17(3)20-11-8-14-32-20/h6-11,14,30H,4-5,12-13,15-16H2,1-3H3. The maximum Gasteiger partial charge on any atom is 0.304 e. The average Bonchev–Trinajstić information content (AvgIpc) is 3.41. The third-order valence-corrected chi connectivity index (χ3v) is 5.85. The molecule has 0 aliphatic carbocycles. The molecule has 2 heterocycles. The predicted molar refractivity (Wildman–Crippen MR) is 128 cm³/mol. The maximum atomic E-state index is 12.1. The molecule has 0 saturated carbocycles. The molecule has 0 bridgehead atoms. The van der Waals surface area contributed by atoms with E-state index in [2.05, 4.69) is 34.1 Å². The number of aromatic hydroxyl groups is 1. The van der Waals surface area contributed by atoms with Crippen molar-refractivity contribution in [2.75, 3.05) is 19.7 Å². The van der Waals surface area contributed by atoms with E-state index in [-0.39, 0.29) is 18.2 Å². The topological polar surface area (TPSA) is 91.8 Å². The summed E-state index contributed by atoms with van der Waals surface area (Å²) in [5, 5.41) is 25.3. The number of rotatable bonds is 11. The summed E-state index contributed by atoms with van der Waals surface area (Å²) in [7, 11) is 0. The van der Waals surface area contributed by atoms with Gasteiger partial charge in [-0.1, -0.05) is 43.3 Å². The van der Waals surface area contributed by atoms with Crippen molar-refractivity contribution >= 4 is 39.5 Å². The van der Waals surface area contributed by atoms with Crippen molar-refractivity contribution < 1.29 is 14.7 Å². The van der Waals surface area contributed by atoms with Crippen molar-refractivity contribution in [2.24, 2.45) is 15.4 Å². The third-order valence-electron chi connectivity index (χ3n) is 4.87. The number of carbonyl (C=O) groups excluding carboxylic acids is 1. The number of carbonyl (C=O) groups is 1. The SMILES string of the molecule is CCCN(CCC)Cn1c(O)c(N=NC(=O)CON=C(C)c2cccs2)c2ccccc21. The highest BCUT2D eigenvalue weighted by Gasteiger charge is 2.18. The Morgan fingerprint density at radius 3 is 2.59 bits per heavy atom. The molecule has 0 radical (unpaired) electrons. The first-order valence-electron chi connectivity index (χ1n) is 10.7. The van der Waals surface area contributed by atoms with E-state index in [0.29, 0.717) is 12.4 Å². The van der Waals surface area contributed by atoms with E-state index in [1.807, 2.05) is 53.3 Å². The molecule has 1 aromatic carbocycles. The van der Waals surface area contributed by atoms with Crippen molar-refractivity contribution in [3.05, 3.63) is 46.7 Å². The van der Waals surface area contributed by atoms with Crippen molar-refractivity contribution in [3.8, 4) is 5.88 Å². The Kier molecular flexibility index (Phi) is 8.52. The Bertz CT molecular complexity index is 1080. The number of para-hydroxylation sites is 1. The van der Waals surface area contributed by atoms with E-state index in [4.69, 9.17) is 4.84 Å². The molecular weight excluding hydrogens is 426 g/mol. The lowest BCUT2D eigenvalue weighted by molar-refractivity contribution is -0.122. The average molecular weight is 456 g/mol. The van der Waals surface area contributed by atoms with Gasteiger partial charge in [0.1, 0.15) is 0 Å². The van der Waals surface area contributed by atoms with Crippen LogP contribution in [0.25, 0.3) is 10.9 Å². The Balaban J connectivity index is 1.75. The minimum atomic E-state index is -0.581. The molecule has 1 N–H and O–H groups in total. The van der Waals surface area contributed by atoms with Gasteiger partial charge in [0.2, 0.25) is 5.88 Å². The first kappa shape index (κ1) is 23.6. The van der Waals surface area contributed by atoms with Crippen LogP contribution >= 0.6 is 11.3 Å². The van der Waals surface area contributed by atoms with Crippen LogP contribution in [0.4, 0.5) is 5.69 Å². The van der Waals surface area contributed by atoms with Crippen molar-refractivity contribution in [1.29, 1.82) is 0 Å². The molecule has 2 aromatic heterocycles. The molecule has 0 fully saturated rings.